The van der Waals surface area contributed by atoms with Crippen LogP contribution in [0.3, 0.4) is 0 Å². The lowest BCUT2D eigenvalue weighted by atomic mass is 9.85. The number of aliphatic carboxylic acids is 1. The summed E-state index contributed by atoms with van der Waals surface area (Å²) < 4.78 is 0. The van der Waals surface area contributed by atoms with Crippen LogP contribution in [0, 0.1) is 5.41 Å². The number of nitrogens with two attached hydrogens (primary N) is 1. The average Bonchev–Trinajstić information content (AvgIpc) is 2.84. The van der Waals surface area contributed by atoms with E-state index in [-0.39, 0.29) is 18.7 Å². The van der Waals surface area contributed by atoms with E-state index in [2.05, 4.69) is 5.32 Å². The van der Waals surface area contributed by atoms with E-state index in [4.69, 9.17) is 10.8 Å². The van der Waals surface area contributed by atoms with E-state index in [1.54, 1.807) is 13.8 Å². The third-order valence-corrected chi connectivity index (χ3v) is 4.90. The van der Waals surface area contributed by atoms with E-state index in [0.29, 0.717) is 10.6 Å². The van der Waals surface area contributed by atoms with Crippen LogP contribution in [-0.2, 0) is 22.4 Å². The number of rotatable bonds is 6. The van der Waals surface area contributed by atoms with Crippen molar-refractivity contribution < 1.29 is 19.5 Å². The molecule has 4 N–H and O–H groups in total. The summed E-state index contributed by atoms with van der Waals surface area (Å²) in [4.78, 5) is 35.7. The summed E-state index contributed by atoms with van der Waals surface area (Å²) in [5.74, 6) is -1.76. The molecular formula is C15H20N2O4S. The van der Waals surface area contributed by atoms with Gasteiger partial charge in [-0.25, -0.2) is 0 Å². The Morgan fingerprint density at radius 2 is 1.95 bits per heavy atom. The molecule has 0 saturated carbocycles. The van der Waals surface area contributed by atoms with Gasteiger partial charge >= 0.3 is 5.97 Å². The highest BCUT2D eigenvalue weighted by atomic mass is 32.1. The second kappa shape index (κ2) is 6.08. The maximum atomic E-state index is 12.2. The van der Waals surface area contributed by atoms with Crippen LogP contribution in [0.25, 0.3) is 0 Å². The van der Waals surface area contributed by atoms with Gasteiger partial charge in [0.1, 0.15) is 5.00 Å². The van der Waals surface area contributed by atoms with Crippen LogP contribution < -0.4 is 11.1 Å². The Morgan fingerprint density at radius 1 is 1.27 bits per heavy atom. The fourth-order valence-corrected chi connectivity index (χ4v) is 4.14. The number of thiophene rings is 1. The summed E-state index contributed by atoms with van der Waals surface area (Å²) in [5.41, 5.74) is 6.16. The molecule has 7 heteroatoms. The molecule has 120 valence electrons. The summed E-state index contributed by atoms with van der Waals surface area (Å²) in [5, 5.41) is 12.1. The zero-order chi connectivity index (χ0) is 16.5. The van der Waals surface area contributed by atoms with Crippen molar-refractivity contribution in [2.75, 3.05) is 5.32 Å². The molecule has 1 aromatic heterocycles. The number of primary amides is 1. The third-order valence-electron chi connectivity index (χ3n) is 3.69. The number of hydrogen-bond donors (Lipinski definition) is 3. The largest absolute Gasteiger partial charge is 0.481 e. The van der Waals surface area contributed by atoms with Gasteiger partial charge in [-0.2, -0.15) is 0 Å². The van der Waals surface area contributed by atoms with Gasteiger partial charge in [0, 0.05) is 11.3 Å². The van der Waals surface area contributed by atoms with Gasteiger partial charge in [-0.1, -0.05) is 13.8 Å². The molecule has 0 bridgehead atoms. The van der Waals surface area contributed by atoms with E-state index in [1.165, 1.54) is 11.3 Å². The molecule has 0 radical (unpaired) electrons. The van der Waals surface area contributed by atoms with Crippen molar-refractivity contribution >= 4 is 34.1 Å². The molecule has 0 saturated heterocycles. The Labute approximate surface area is 132 Å². The molecule has 1 aliphatic carbocycles. The van der Waals surface area contributed by atoms with Crippen LogP contribution in [0.2, 0.25) is 0 Å². The second-order valence-electron chi connectivity index (χ2n) is 6.39. The molecule has 1 heterocycles. The van der Waals surface area contributed by atoms with Crippen LogP contribution in [0.1, 0.15) is 53.9 Å². The highest BCUT2D eigenvalue weighted by molar-refractivity contribution is 7.17. The third kappa shape index (κ3) is 3.65. The highest BCUT2D eigenvalue weighted by Gasteiger charge is 2.29. The Kier molecular flexibility index (Phi) is 4.55. The molecular weight excluding hydrogens is 304 g/mol. The quantitative estimate of drug-likeness (QED) is 0.745. The first-order chi connectivity index (χ1) is 10.2. The summed E-state index contributed by atoms with van der Waals surface area (Å²) in [6.45, 7) is 3.45. The number of aryl methyl sites for hydroxylation is 1. The van der Waals surface area contributed by atoms with Gasteiger partial charge in [-0.05, 0) is 30.2 Å². The Morgan fingerprint density at radius 3 is 2.55 bits per heavy atom. The van der Waals surface area contributed by atoms with Crippen molar-refractivity contribution in [1.29, 1.82) is 0 Å². The van der Waals surface area contributed by atoms with E-state index in [1.807, 2.05) is 0 Å². The first kappa shape index (κ1) is 16.5. The summed E-state index contributed by atoms with van der Waals surface area (Å²) in [7, 11) is 0. The number of fused-ring (bicyclic) bond motifs is 1. The fraction of sp³-hybridized carbons (Fsp3) is 0.533. The van der Waals surface area contributed by atoms with Crippen molar-refractivity contribution in [2.24, 2.45) is 11.1 Å². The monoisotopic (exact) mass is 324 g/mol. The van der Waals surface area contributed by atoms with Crippen molar-refractivity contribution in [1.82, 2.24) is 0 Å². The zero-order valence-electron chi connectivity index (χ0n) is 12.7. The predicted molar refractivity (Wildman–Crippen MR) is 84.1 cm³/mol. The first-order valence-corrected chi connectivity index (χ1v) is 7.97. The first-order valence-electron chi connectivity index (χ1n) is 7.15. The van der Waals surface area contributed by atoms with Gasteiger partial charge < -0.3 is 16.2 Å². The van der Waals surface area contributed by atoms with Crippen LogP contribution in [0.15, 0.2) is 0 Å². The lowest BCUT2D eigenvalue weighted by molar-refractivity contribution is -0.139. The minimum absolute atomic E-state index is 0.0695. The Balaban J connectivity index is 2.13. The molecule has 2 rings (SSSR count). The number of anilines is 1. The van der Waals surface area contributed by atoms with E-state index in [0.717, 1.165) is 29.7 Å². The normalized spacial score (nSPS) is 13.7. The average molecular weight is 324 g/mol. The standard InChI is InChI=1S/C15H20N2O4S/c1-15(2,7-11(19)20)6-10(18)17-14-12(13(16)21)8-4-3-5-9(8)22-14/h3-7H2,1-2H3,(H2,16,21)(H,17,18)(H,19,20). The van der Waals surface area contributed by atoms with Gasteiger partial charge in [0.25, 0.3) is 5.91 Å². The second-order valence-corrected chi connectivity index (χ2v) is 7.49. The molecule has 0 aliphatic heterocycles. The minimum Gasteiger partial charge on any atom is -0.481 e. The smallest absolute Gasteiger partial charge is 0.303 e. The Bertz CT molecular complexity index is 634. The summed E-state index contributed by atoms with van der Waals surface area (Å²) in [6.07, 6.45) is 2.69. The number of carbonyl (C=O) groups is 3. The molecule has 0 fully saturated rings. The SMILES string of the molecule is CC(C)(CC(=O)O)CC(=O)Nc1sc2c(c1C(N)=O)CCC2. The van der Waals surface area contributed by atoms with E-state index < -0.39 is 17.3 Å². The number of carboxylic acids is 1. The number of nitrogens with one attached hydrogen (secondary N) is 1. The van der Waals surface area contributed by atoms with Crippen molar-refractivity contribution in [3.05, 3.63) is 16.0 Å². The molecule has 0 unspecified atom stereocenters. The number of carbonyl (C=O) groups excluding carboxylic acids is 2. The van der Waals surface area contributed by atoms with Gasteiger partial charge in [0.05, 0.1) is 12.0 Å². The van der Waals surface area contributed by atoms with Gasteiger partial charge in [-0.3, -0.25) is 14.4 Å². The van der Waals surface area contributed by atoms with Gasteiger partial charge in [0.2, 0.25) is 5.91 Å². The molecule has 0 spiro atoms. The molecule has 2 amide bonds. The van der Waals surface area contributed by atoms with E-state index in [9.17, 15) is 14.4 Å². The summed E-state index contributed by atoms with van der Waals surface area (Å²) in [6, 6.07) is 0. The topological polar surface area (TPSA) is 109 Å². The lowest BCUT2D eigenvalue weighted by Gasteiger charge is -2.21. The minimum atomic E-state index is -0.939. The maximum Gasteiger partial charge on any atom is 0.303 e. The molecule has 6 nitrogen and oxygen atoms in total. The van der Waals surface area contributed by atoms with Gasteiger partial charge in [0.15, 0.2) is 0 Å². The summed E-state index contributed by atoms with van der Waals surface area (Å²) >= 11 is 1.40. The molecule has 1 aliphatic rings. The molecule has 0 aromatic carbocycles. The Hall–Kier alpha value is -1.89. The molecule has 0 atom stereocenters. The maximum absolute atomic E-state index is 12.2. The van der Waals surface area contributed by atoms with Crippen LogP contribution in [0.4, 0.5) is 5.00 Å². The molecule has 22 heavy (non-hydrogen) atoms. The van der Waals surface area contributed by atoms with Crippen LogP contribution >= 0.6 is 11.3 Å². The van der Waals surface area contributed by atoms with Crippen molar-refractivity contribution in [3.8, 4) is 0 Å². The van der Waals surface area contributed by atoms with Crippen LogP contribution in [-0.4, -0.2) is 22.9 Å². The predicted octanol–water partition coefficient (Wildman–Crippen LogP) is 2.17. The van der Waals surface area contributed by atoms with Crippen molar-refractivity contribution in [2.45, 2.75) is 46.0 Å². The van der Waals surface area contributed by atoms with E-state index >= 15 is 0 Å². The highest BCUT2D eigenvalue weighted by Crippen LogP contribution is 2.39. The fourth-order valence-electron chi connectivity index (χ4n) is 2.83. The van der Waals surface area contributed by atoms with Gasteiger partial charge in [-0.15, -0.1) is 11.3 Å². The van der Waals surface area contributed by atoms with Crippen LogP contribution in [0.5, 0.6) is 0 Å². The number of amides is 2. The number of carboxylic acid groups (broad SMARTS) is 1. The number of hydrogen-bond acceptors (Lipinski definition) is 4. The molecule has 1 aromatic rings. The van der Waals surface area contributed by atoms with Crippen molar-refractivity contribution in [3.63, 3.8) is 0 Å². The lowest BCUT2D eigenvalue weighted by Crippen LogP contribution is -2.25. The zero-order valence-corrected chi connectivity index (χ0v) is 13.5.